The Balaban J connectivity index is 1.51. The van der Waals surface area contributed by atoms with E-state index in [1.54, 1.807) is 48.5 Å². The van der Waals surface area contributed by atoms with Crippen LogP contribution in [0.3, 0.4) is 0 Å². The number of carbonyl (C=O) groups excluding carboxylic acids is 4. The van der Waals surface area contributed by atoms with Crippen molar-refractivity contribution in [1.82, 2.24) is 5.32 Å². The SMILES string of the molecule is CNC(=O)c1ccc(NC(=O)COC(=O)c2ccccc2SCC(=O)Nc2ccc(C)cc2)cc1. The van der Waals surface area contributed by atoms with Gasteiger partial charge in [-0.2, -0.15) is 0 Å². The Morgan fingerprint density at radius 2 is 1.40 bits per heavy atom. The van der Waals surface area contributed by atoms with Crippen LogP contribution >= 0.6 is 11.8 Å². The molecule has 0 saturated carbocycles. The summed E-state index contributed by atoms with van der Waals surface area (Å²) in [6, 6.07) is 20.5. The lowest BCUT2D eigenvalue weighted by atomic mass is 10.2. The van der Waals surface area contributed by atoms with Crippen molar-refractivity contribution in [3.8, 4) is 0 Å². The summed E-state index contributed by atoms with van der Waals surface area (Å²) in [6.07, 6.45) is 0. The van der Waals surface area contributed by atoms with Crippen LogP contribution in [0.1, 0.15) is 26.3 Å². The van der Waals surface area contributed by atoms with Gasteiger partial charge in [0.15, 0.2) is 6.61 Å². The minimum atomic E-state index is -0.669. The lowest BCUT2D eigenvalue weighted by Crippen LogP contribution is -2.21. The Hall–Kier alpha value is -4.11. The number of nitrogens with one attached hydrogen (secondary N) is 3. The van der Waals surface area contributed by atoms with Crippen molar-refractivity contribution in [2.45, 2.75) is 11.8 Å². The van der Waals surface area contributed by atoms with Crippen molar-refractivity contribution in [3.63, 3.8) is 0 Å². The number of anilines is 2. The fraction of sp³-hybridized carbons (Fsp3) is 0.154. The number of rotatable bonds is 9. The van der Waals surface area contributed by atoms with Crippen molar-refractivity contribution in [1.29, 1.82) is 0 Å². The van der Waals surface area contributed by atoms with Gasteiger partial charge >= 0.3 is 5.97 Å². The first-order valence-corrected chi connectivity index (χ1v) is 11.7. The molecule has 35 heavy (non-hydrogen) atoms. The van der Waals surface area contributed by atoms with Gasteiger partial charge in [0.2, 0.25) is 5.91 Å². The molecule has 0 unspecified atom stereocenters. The Morgan fingerprint density at radius 3 is 2.06 bits per heavy atom. The molecule has 3 aromatic carbocycles. The highest BCUT2D eigenvalue weighted by atomic mass is 32.2. The number of thioether (sulfide) groups is 1. The number of hydrogen-bond donors (Lipinski definition) is 3. The minimum absolute atomic E-state index is 0.102. The first-order valence-electron chi connectivity index (χ1n) is 10.7. The zero-order valence-corrected chi connectivity index (χ0v) is 20.1. The Morgan fingerprint density at radius 1 is 0.800 bits per heavy atom. The van der Waals surface area contributed by atoms with Gasteiger partial charge in [-0.05, 0) is 55.5 Å². The molecular weight excluding hydrogens is 466 g/mol. The molecule has 0 radical (unpaired) electrons. The third-order valence-corrected chi connectivity index (χ3v) is 5.87. The highest BCUT2D eigenvalue weighted by Crippen LogP contribution is 2.24. The first-order chi connectivity index (χ1) is 16.9. The van der Waals surface area contributed by atoms with Crippen LogP contribution in [0.15, 0.2) is 77.7 Å². The molecule has 9 heteroatoms. The molecule has 3 aromatic rings. The monoisotopic (exact) mass is 491 g/mol. The van der Waals surface area contributed by atoms with E-state index in [2.05, 4.69) is 16.0 Å². The lowest BCUT2D eigenvalue weighted by molar-refractivity contribution is -0.119. The summed E-state index contributed by atoms with van der Waals surface area (Å²) in [7, 11) is 1.53. The van der Waals surface area contributed by atoms with Gasteiger partial charge in [0.1, 0.15) is 0 Å². The van der Waals surface area contributed by atoms with Crippen LogP contribution in [0.25, 0.3) is 0 Å². The van der Waals surface area contributed by atoms with E-state index in [0.29, 0.717) is 21.8 Å². The van der Waals surface area contributed by atoms with Crippen LogP contribution in [-0.4, -0.2) is 43.1 Å². The molecule has 0 heterocycles. The predicted molar refractivity (Wildman–Crippen MR) is 136 cm³/mol. The van der Waals surface area contributed by atoms with E-state index < -0.39 is 18.5 Å². The summed E-state index contributed by atoms with van der Waals surface area (Å²) in [4.78, 5) is 49.2. The average molecular weight is 492 g/mol. The van der Waals surface area contributed by atoms with Crippen LogP contribution in [0.4, 0.5) is 11.4 Å². The van der Waals surface area contributed by atoms with Crippen molar-refractivity contribution in [2.75, 3.05) is 30.0 Å². The van der Waals surface area contributed by atoms with E-state index in [9.17, 15) is 19.2 Å². The fourth-order valence-corrected chi connectivity index (χ4v) is 3.83. The molecule has 3 rings (SSSR count). The summed E-state index contributed by atoms with van der Waals surface area (Å²) in [5, 5.41) is 7.94. The summed E-state index contributed by atoms with van der Waals surface area (Å²) in [5.74, 6) is -1.53. The van der Waals surface area contributed by atoms with Crippen LogP contribution in [-0.2, 0) is 14.3 Å². The molecule has 8 nitrogen and oxygen atoms in total. The Labute approximate surface area is 207 Å². The van der Waals surface area contributed by atoms with Gasteiger partial charge in [0.05, 0.1) is 11.3 Å². The topological polar surface area (TPSA) is 114 Å². The highest BCUT2D eigenvalue weighted by molar-refractivity contribution is 8.00. The zero-order chi connectivity index (χ0) is 25.2. The second-order valence-corrected chi connectivity index (χ2v) is 8.50. The average Bonchev–Trinajstić information content (AvgIpc) is 2.87. The number of hydrogen-bond acceptors (Lipinski definition) is 6. The Kier molecular flexibility index (Phi) is 9.02. The number of ether oxygens (including phenoxy) is 1. The molecule has 0 aliphatic carbocycles. The number of benzene rings is 3. The number of aryl methyl sites for hydroxylation is 1. The van der Waals surface area contributed by atoms with Gasteiger partial charge < -0.3 is 20.7 Å². The first kappa shape index (κ1) is 25.5. The molecule has 3 N–H and O–H groups in total. The van der Waals surface area contributed by atoms with Crippen LogP contribution in [0.5, 0.6) is 0 Å². The summed E-state index contributed by atoms with van der Waals surface area (Å²) < 4.78 is 5.17. The van der Waals surface area contributed by atoms with E-state index in [1.807, 2.05) is 31.2 Å². The minimum Gasteiger partial charge on any atom is -0.452 e. The molecule has 0 aliphatic heterocycles. The van der Waals surface area contributed by atoms with E-state index in [1.165, 1.54) is 18.8 Å². The summed E-state index contributed by atoms with van der Waals surface area (Å²) >= 11 is 1.20. The van der Waals surface area contributed by atoms with Crippen molar-refractivity contribution in [3.05, 3.63) is 89.5 Å². The maximum absolute atomic E-state index is 12.6. The van der Waals surface area contributed by atoms with Gasteiger partial charge in [-0.1, -0.05) is 29.8 Å². The maximum Gasteiger partial charge on any atom is 0.339 e. The maximum atomic E-state index is 12.6. The standard InChI is InChI=1S/C26H25N3O5S/c1-17-7-11-19(12-8-17)29-24(31)16-35-22-6-4-3-5-21(22)26(33)34-15-23(30)28-20-13-9-18(10-14-20)25(32)27-2/h3-14H,15-16H2,1-2H3,(H,27,32)(H,28,30)(H,29,31). The van der Waals surface area contributed by atoms with Crippen LogP contribution in [0.2, 0.25) is 0 Å². The largest absolute Gasteiger partial charge is 0.452 e. The predicted octanol–water partition coefficient (Wildman–Crippen LogP) is 3.88. The van der Waals surface area contributed by atoms with Gasteiger partial charge in [0.25, 0.3) is 11.8 Å². The van der Waals surface area contributed by atoms with E-state index in [4.69, 9.17) is 4.74 Å². The highest BCUT2D eigenvalue weighted by Gasteiger charge is 2.16. The van der Waals surface area contributed by atoms with E-state index >= 15 is 0 Å². The molecule has 180 valence electrons. The van der Waals surface area contributed by atoms with Gasteiger partial charge in [-0.25, -0.2) is 4.79 Å². The van der Waals surface area contributed by atoms with Crippen LogP contribution in [0, 0.1) is 6.92 Å². The number of esters is 1. The van der Waals surface area contributed by atoms with Gasteiger partial charge in [-0.3, -0.25) is 14.4 Å². The zero-order valence-electron chi connectivity index (χ0n) is 19.3. The van der Waals surface area contributed by atoms with Crippen molar-refractivity contribution < 1.29 is 23.9 Å². The normalized spacial score (nSPS) is 10.2. The molecule has 0 spiro atoms. The second kappa shape index (κ2) is 12.4. The fourth-order valence-electron chi connectivity index (χ4n) is 2.99. The van der Waals surface area contributed by atoms with E-state index in [0.717, 1.165) is 5.56 Å². The summed E-state index contributed by atoms with van der Waals surface area (Å²) in [6.45, 7) is 1.48. The molecular formula is C26H25N3O5S. The molecule has 0 saturated heterocycles. The Bertz CT molecular complexity index is 1210. The quantitative estimate of drug-likeness (QED) is 0.309. The molecule has 0 bridgehead atoms. The molecule has 3 amide bonds. The number of amides is 3. The molecule has 0 aliphatic rings. The van der Waals surface area contributed by atoms with Gasteiger partial charge in [0, 0.05) is 28.9 Å². The number of carbonyl (C=O) groups is 4. The van der Waals surface area contributed by atoms with Crippen LogP contribution < -0.4 is 16.0 Å². The smallest absolute Gasteiger partial charge is 0.339 e. The third-order valence-electron chi connectivity index (χ3n) is 4.79. The second-order valence-electron chi connectivity index (χ2n) is 7.48. The van der Waals surface area contributed by atoms with Crippen molar-refractivity contribution in [2.24, 2.45) is 0 Å². The van der Waals surface area contributed by atoms with Gasteiger partial charge in [-0.15, -0.1) is 11.8 Å². The molecule has 0 aromatic heterocycles. The molecule has 0 atom stereocenters. The summed E-state index contributed by atoms with van der Waals surface area (Å²) in [5.41, 5.74) is 2.98. The lowest BCUT2D eigenvalue weighted by Gasteiger charge is -2.10. The third kappa shape index (κ3) is 7.72. The molecule has 0 fully saturated rings. The van der Waals surface area contributed by atoms with E-state index in [-0.39, 0.29) is 23.1 Å². The van der Waals surface area contributed by atoms with Crippen molar-refractivity contribution >= 4 is 46.8 Å².